The molecule has 3 fully saturated rings. The molecular formula is C26H31N3O5S2. The van der Waals surface area contributed by atoms with Crippen molar-refractivity contribution in [1.82, 2.24) is 4.57 Å². The first-order valence-electron chi connectivity index (χ1n) is 12.6. The van der Waals surface area contributed by atoms with Crippen molar-refractivity contribution < 1.29 is 21.6 Å². The number of hydrogen-bond acceptors (Lipinski definition) is 6. The lowest BCUT2D eigenvalue weighted by Crippen LogP contribution is -2.30. The van der Waals surface area contributed by atoms with Gasteiger partial charge in [0.25, 0.3) is 0 Å². The summed E-state index contributed by atoms with van der Waals surface area (Å²) in [7, 11) is -6.26. The Hall–Kier alpha value is -2.72. The van der Waals surface area contributed by atoms with Crippen molar-refractivity contribution >= 4 is 42.1 Å². The highest BCUT2D eigenvalue weighted by Crippen LogP contribution is 2.45. The number of nitrogens with zero attached hydrogens (tertiary/aromatic N) is 1. The van der Waals surface area contributed by atoms with E-state index in [0.29, 0.717) is 30.3 Å². The summed E-state index contributed by atoms with van der Waals surface area (Å²) in [5.74, 6) is 1.06. The Balaban J connectivity index is 1.33. The molecule has 3 aliphatic rings. The number of sulfonamides is 1. The number of aromatic nitrogens is 1. The molecule has 0 radical (unpaired) electrons. The van der Waals surface area contributed by atoms with Crippen molar-refractivity contribution in [2.45, 2.75) is 62.3 Å². The Morgan fingerprint density at radius 1 is 0.944 bits per heavy atom. The van der Waals surface area contributed by atoms with Gasteiger partial charge in [-0.25, -0.2) is 16.8 Å². The number of ether oxygens (including phenoxy) is 1. The van der Waals surface area contributed by atoms with Gasteiger partial charge < -0.3 is 15.0 Å². The first-order chi connectivity index (χ1) is 17.2. The lowest BCUT2D eigenvalue weighted by molar-refractivity contribution is 0.190. The molecule has 2 aliphatic carbocycles. The second kappa shape index (κ2) is 8.69. The van der Waals surface area contributed by atoms with E-state index in [1.54, 1.807) is 12.1 Å². The van der Waals surface area contributed by atoms with E-state index >= 15 is 0 Å². The molecule has 2 heterocycles. The van der Waals surface area contributed by atoms with Gasteiger partial charge in [0.1, 0.15) is 11.9 Å². The highest BCUT2D eigenvalue weighted by molar-refractivity contribution is 7.93. The maximum atomic E-state index is 12.3. The van der Waals surface area contributed by atoms with Crippen LogP contribution in [-0.4, -0.2) is 44.3 Å². The maximum absolute atomic E-state index is 12.3. The van der Waals surface area contributed by atoms with E-state index in [-0.39, 0.29) is 22.9 Å². The highest BCUT2D eigenvalue weighted by Gasteiger charge is 2.35. The number of benzene rings is 2. The van der Waals surface area contributed by atoms with Crippen LogP contribution in [0.3, 0.4) is 0 Å². The molecule has 1 aliphatic heterocycles. The van der Waals surface area contributed by atoms with Crippen molar-refractivity contribution in [3.8, 4) is 17.0 Å². The summed E-state index contributed by atoms with van der Waals surface area (Å²) in [5.41, 5.74) is 10.8. The third-order valence-electron chi connectivity index (χ3n) is 7.64. The third-order valence-corrected chi connectivity index (χ3v) is 11.2. The largest absolute Gasteiger partial charge is 0.490 e. The minimum atomic E-state index is -3.31. The topological polar surface area (TPSA) is 120 Å². The lowest BCUT2D eigenvalue weighted by atomic mass is 9.92. The van der Waals surface area contributed by atoms with Gasteiger partial charge in [0, 0.05) is 28.7 Å². The van der Waals surface area contributed by atoms with E-state index in [1.807, 2.05) is 30.3 Å². The average Bonchev–Trinajstić information content (AvgIpc) is 3.62. The highest BCUT2D eigenvalue weighted by atomic mass is 32.2. The first kappa shape index (κ1) is 23.7. The number of fused-ring (bicyclic) bond motifs is 1. The zero-order chi connectivity index (χ0) is 25.1. The molecule has 1 aromatic heterocycles. The zero-order valence-corrected chi connectivity index (χ0v) is 21.7. The van der Waals surface area contributed by atoms with Crippen LogP contribution in [0.4, 0.5) is 11.4 Å². The van der Waals surface area contributed by atoms with Crippen molar-refractivity contribution in [3.05, 3.63) is 42.5 Å². The summed E-state index contributed by atoms with van der Waals surface area (Å²) < 4.78 is 59.4. The van der Waals surface area contributed by atoms with E-state index in [2.05, 4.69) is 9.29 Å². The maximum Gasteiger partial charge on any atom is 0.235 e. The molecule has 3 N–H and O–H groups in total. The van der Waals surface area contributed by atoms with Gasteiger partial charge in [-0.2, -0.15) is 0 Å². The molecule has 3 aromatic rings. The predicted octanol–water partition coefficient (Wildman–Crippen LogP) is 4.48. The van der Waals surface area contributed by atoms with Gasteiger partial charge >= 0.3 is 0 Å². The summed E-state index contributed by atoms with van der Waals surface area (Å²) >= 11 is 0. The van der Waals surface area contributed by atoms with Gasteiger partial charge in [-0.05, 0) is 69.2 Å². The Kier molecular flexibility index (Phi) is 5.71. The fourth-order valence-corrected chi connectivity index (χ4v) is 8.05. The van der Waals surface area contributed by atoms with Crippen LogP contribution in [0, 0.1) is 0 Å². The van der Waals surface area contributed by atoms with Gasteiger partial charge in [0.05, 0.1) is 33.7 Å². The minimum Gasteiger partial charge on any atom is -0.490 e. The second-order valence-electron chi connectivity index (χ2n) is 10.3. The molecule has 6 rings (SSSR count). The summed E-state index contributed by atoms with van der Waals surface area (Å²) in [6, 6.07) is 13.7. The lowest BCUT2D eigenvalue weighted by Gasteiger charge is -2.30. The standard InChI is InChI=1S/C26H31N3O5S2/c27-25-23-11-8-21(34-20-12-14-35(30,31)15-13-20)16-24(23)29(19-2-1-3-19)26(25)17-4-6-18(7-5-17)28-36(32,33)22-9-10-22/h4-8,11,16,19-20,22,28H,1-3,9-10,12-15,27H2. The monoisotopic (exact) mass is 529 g/mol. The zero-order valence-electron chi connectivity index (χ0n) is 20.0. The van der Waals surface area contributed by atoms with Crippen LogP contribution < -0.4 is 15.2 Å². The van der Waals surface area contributed by atoms with Crippen molar-refractivity contribution in [3.63, 3.8) is 0 Å². The molecule has 10 heteroatoms. The van der Waals surface area contributed by atoms with E-state index < -0.39 is 19.9 Å². The van der Waals surface area contributed by atoms with Gasteiger partial charge in [-0.1, -0.05) is 12.1 Å². The number of anilines is 2. The fourth-order valence-electron chi connectivity index (χ4n) is 5.21. The number of rotatable bonds is 7. The second-order valence-corrected chi connectivity index (χ2v) is 14.6. The van der Waals surface area contributed by atoms with Crippen LogP contribution in [0.25, 0.3) is 22.2 Å². The fraction of sp³-hybridized carbons (Fsp3) is 0.462. The summed E-state index contributed by atoms with van der Waals surface area (Å²) in [5, 5.41) is 0.678. The molecule has 0 atom stereocenters. The summed E-state index contributed by atoms with van der Waals surface area (Å²) in [4.78, 5) is 0. The Morgan fingerprint density at radius 3 is 2.25 bits per heavy atom. The normalized spacial score (nSPS) is 20.8. The van der Waals surface area contributed by atoms with Crippen LogP contribution in [0.2, 0.25) is 0 Å². The minimum absolute atomic E-state index is 0.109. The molecule has 36 heavy (non-hydrogen) atoms. The third kappa shape index (κ3) is 4.45. The van der Waals surface area contributed by atoms with Crippen molar-refractivity contribution in [2.24, 2.45) is 0 Å². The van der Waals surface area contributed by atoms with Gasteiger partial charge in [-0.3, -0.25) is 4.72 Å². The van der Waals surface area contributed by atoms with E-state index in [1.165, 1.54) is 0 Å². The number of hydrogen-bond donors (Lipinski definition) is 2. The van der Waals surface area contributed by atoms with Gasteiger partial charge in [0.15, 0.2) is 9.84 Å². The molecule has 0 amide bonds. The van der Waals surface area contributed by atoms with Crippen molar-refractivity contribution in [2.75, 3.05) is 22.0 Å². The van der Waals surface area contributed by atoms with Crippen LogP contribution in [-0.2, 0) is 19.9 Å². The SMILES string of the molecule is Nc1c(-c2ccc(NS(=O)(=O)C3CC3)cc2)n(C2CCC2)c2cc(OC3CCS(=O)(=O)CC3)ccc12. The van der Waals surface area contributed by atoms with Crippen LogP contribution in [0.15, 0.2) is 42.5 Å². The van der Waals surface area contributed by atoms with E-state index in [9.17, 15) is 16.8 Å². The van der Waals surface area contributed by atoms with Crippen LogP contribution in [0.5, 0.6) is 5.75 Å². The number of nitrogens with two attached hydrogens (primary N) is 1. The molecular weight excluding hydrogens is 498 g/mol. The van der Waals surface area contributed by atoms with Gasteiger partial charge in [0.2, 0.25) is 10.0 Å². The van der Waals surface area contributed by atoms with Crippen LogP contribution in [0.1, 0.15) is 51.0 Å². The number of sulfone groups is 1. The first-order valence-corrected chi connectivity index (χ1v) is 16.0. The van der Waals surface area contributed by atoms with E-state index in [0.717, 1.165) is 60.0 Å². The molecule has 2 saturated carbocycles. The molecule has 1 saturated heterocycles. The molecule has 192 valence electrons. The smallest absolute Gasteiger partial charge is 0.235 e. The molecule has 2 aromatic carbocycles. The van der Waals surface area contributed by atoms with Gasteiger partial charge in [-0.15, -0.1) is 0 Å². The number of nitrogen functional groups attached to an aromatic ring is 1. The Labute approximate surface area is 211 Å². The molecule has 0 bridgehead atoms. The Morgan fingerprint density at radius 2 is 1.64 bits per heavy atom. The summed E-state index contributed by atoms with van der Waals surface area (Å²) in [6.45, 7) is 0. The van der Waals surface area contributed by atoms with E-state index in [4.69, 9.17) is 10.5 Å². The predicted molar refractivity (Wildman–Crippen MR) is 143 cm³/mol. The quantitative estimate of drug-likeness (QED) is 0.466. The van der Waals surface area contributed by atoms with Crippen LogP contribution >= 0.6 is 0 Å². The average molecular weight is 530 g/mol. The summed E-state index contributed by atoms with van der Waals surface area (Å²) in [6.07, 6.45) is 5.65. The molecule has 0 spiro atoms. The Bertz CT molecular complexity index is 1510. The molecule has 0 unspecified atom stereocenters. The van der Waals surface area contributed by atoms with Crippen molar-refractivity contribution in [1.29, 1.82) is 0 Å². The number of nitrogens with one attached hydrogen (secondary N) is 1. The molecule has 8 nitrogen and oxygen atoms in total.